The maximum Gasteiger partial charge on any atom is 0.264 e. The maximum absolute atomic E-state index is 13.1. The first kappa shape index (κ1) is 20.2. The van der Waals surface area contributed by atoms with Crippen molar-refractivity contribution in [1.29, 1.82) is 0 Å². The van der Waals surface area contributed by atoms with E-state index in [1.807, 2.05) is 41.3 Å². The van der Waals surface area contributed by atoms with Crippen molar-refractivity contribution in [2.24, 2.45) is 0 Å². The quantitative estimate of drug-likeness (QED) is 0.702. The summed E-state index contributed by atoms with van der Waals surface area (Å²) in [6, 6.07) is 13.0. The summed E-state index contributed by atoms with van der Waals surface area (Å²) in [5, 5.41) is -0.177. The summed E-state index contributed by atoms with van der Waals surface area (Å²) in [5.41, 5.74) is 0.878. The zero-order chi connectivity index (χ0) is 20.1. The Kier molecular flexibility index (Phi) is 6.57. The van der Waals surface area contributed by atoms with Crippen LogP contribution < -0.4 is 18.9 Å². The average Bonchev–Trinajstić information content (AvgIpc) is 3.22. The minimum Gasteiger partial charge on any atom is -0.496 e. The van der Waals surface area contributed by atoms with Gasteiger partial charge in [-0.05, 0) is 25.1 Å². The number of para-hydroxylation sites is 1. The molecule has 28 heavy (non-hydrogen) atoms. The number of carbonyl (C=O) groups is 1. The van der Waals surface area contributed by atoms with Gasteiger partial charge in [-0.15, -0.1) is 11.8 Å². The van der Waals surface area contributed by atoms with E-state index >= 15 is 0 Å². The average molecular weight is 404 g/mol. The van der Waals surface area contributed by atoms with Gasteiger partial charge in [0.25, 0.3) is 5.91 Å². The zero-order valence-corrected chi connectivity index (χ0v) is 17.3. The molecule has 7 heteroatoms. The van der Waals surface area contributed by atoms with Crippen molar-refractivity contribution in [2.45, 2.75) is 18.4 Å². The molecular weight excluding hydrogens is 378 g/mol. The molecule has 1 amide bonds. The molecule has 3 rings (SSSR count). The Labute approximate surface area is 169 Å². The molecule has 1 aliphatic heterocycles. The van der Waals surface area contributed by atoms with Crippen LogP contribution in [0.25, 0.3) is 0 Å². The minimum absolute atomic E-state index is 0.0595. The van der Waals surface area contributed by atoms with Crippen molar-refractivity contribution in [1.82, 2.24) is 4.90 Å². The highest BCUT2D eigenvalue weighted by Gasteiger charge is 2.36. The number of nitrogens with zero attached hydrogens (tertiary/aromatic N) is 1. The third-order valence-corrected chi connectivity index (χ3v) is 5.82. The van der Waals surface area contributed by atoms with Gasteiger partial charge in [0.15, 0.2) is 17.6 Å². The lowest BCUT2D eigenvalue weighted by Gasteiger charge is -2.28. The molecule has 0 aromatic heterocycles. The molecule has 2 atom stereocenters. The molecule has 0 saturated carbocycles. The summed E-state index contributed by atoms with van der Waals surface area (Å²) < 4.78 is 22.2. The monoisotopic (exact) mass is 403 g/mol. The van der Waals surface area contributed by atoms with Crippen LogP contribution in [0, 0.1) is 0 Å². The highest BCUT2D eigenvalue weighted by molar-refractivity contribution is 7.99. The fourth-order valence-electron chi connectivity index (χ4n) is 3.19. The summed E-state index contributed by atoms with van der Waals surface area (Å²) >= 11 is 1.69. The molecule has 0 N–H and O–H groups in total. The number of ether oxygens (including phenoxy) is 4. The Balaban J connectivity index is 1.85. The molecule has 0 spiro atoms. The lowest BCUT2D eigenvalue weighted by atomic mass is 10.1. The van der Waals surface area contributed by atoms with E-state index in [1.54, 1.807) is 46.1 Å². The van der Waals surface area contributed by atoms with Gasteiger partial charge in [-0.2, -0.15) is 0 Å². The van der Waals surface area contributed by atoms with E-state index in [0.29, 0.717) is 29.5 Å². The van der Waals surface area contributed by atoms with E-state index in [-0.39, 0.29) is 11.3 Å². The van der Waals surface area contributed by atoms with Gasteiger partial charge in [-0.3, -0.25) is 4.79 Å². The molecule has 6 nitrogen and oxygen atoms in total. The Morgan fingerprint density at radius 2 is 1.68 bits per heavy atom. The zero-order valence-electron chi connectivity index (χ0n) is 16.5. The van der Waals surface area contributed by atoms with Gasteiger partial charge in [0.05, 0.1) is 21.3 Å². The van der Waals surface area contributed by atoms with Crippen LogP contribution >= 0.6 is 11.8 Å². The predicted octanol–water partition coefficient (Wildman–Crippen LogP) is 3.75. The topological polar surface area (TPSA) is 57.2 Å². The van der Waals surface area contributed by atoms with Gasteiger partial charge in [0.1, 0.15) is 16.9 Å². The van der Waals surface area contributed by atoms with E-state index < -0.39 is 6.10 Å². The fraction of sp³-hybridized carbons (Fsp3) is 0.381. The SMILES string of the molecule is COc1cc(OC)c(C2SCCN2C(=O)C(C)Oc2ccccc2)cc1OC. The molecule has 150 valence electrons. The second-order valence-corrected chi connectivity index (χ2v) is 7.47. The van der Waals surface area contributed by atoms with Crippen LogP contribution in [0.4, 0.5) is 0 Å². The molecular formula is C21H25NO5S. The Hall–Kier alpha value is -2.54. The fourth-order valence-corrected chi connectivity index (χ4v) is 4.46. The Bertz CT molecular complexity index is 814. The number of hydrogen-bond acceptors (Lipinski definition) is 6. The summed E-state index contributed by atoms with van der Waals surface area (Å²) in [6.45, 7) is 2.43. The number of rotatable bonds is 7. The Morgan fingerprint density at radius 1 is 1.04 bits per heavy atom. The number of hydrogen-bond donors (Lipinski definition) is 0. The molecule has 0 radical (unpaired) electrons. The smallest absolute Gasteiger partial charge is 0.264 e. The first-order chi connectivity index (χ1) is 13.6. The number of benzene rings is 2. The van der Waals surface area contributed by atoms with Crippen molar-refractivity contribution in [3.8, 4) is 23.0 Å². The van der Waals surface area contributed by atoms with Gasteiger partial charge in [0, 0.05) is 23.9 Å². The largest absolute Gasteiger partial charge is 0.496 e. The van der Waals surface area contributed by atoms with Gasteiger partial charge in [0.2, 0.25) is 0 Å². The van der Waals surface area contributed by atoms with Crippen molar-refractivity contribution in [3.05, 3.63) is 48.0 Å². The van der Waals surface area contributed by atoms with Crippen LogP contribution in [0.5, 0.6) is 23.0 Å². The molecule has 2 aromatic rings. The van der Waals surface area contributed by atoms with E-state index in [4.69, 9.17) is 18.9 Å². The van der Waals surface area contributed by atoms with Crippen molar-refractivity contribution < 1.29 is 23.7 Å². The first-order valence-electron chi connectivity index (χ1n) is 9.02. The van der Waals surface area contributed by atoms with Gasteiger partial charge < -0.3 is 23.8 Å². The standard InChI is InChI=1S/C21H25NO5S/c1-14(27-15-8-6-5-7-9-15)20(23)22-10-11-28-21(22)16-12-18(25-3)19(26-4)13-17(16)24-2/h5-9,12-14,21H,10-11H2,1-4H3. The van der Waals surface area contributed by atoms with Crippen LogP contribution in [0.2, 0.25) is 0 Å². The van der Waals surface area contributed by atoms with Crippen LogP contribution in [-0.4, -0.2) is 50.5 Å². The van der Waals surface area contributed by atoms with E-state index in [9.17, 15) is 4.79 Å². The highest BCUT2D eigenvalue weighted by atomic mass is 32.2. The summed E-state index contributed by atoms with van der Waals surface area (Å²) in [6.07, 6.45) is -0.588. The number of carbonyl (C=O) groups excluding carboxylic acids is 1. The third kappa shape index (κ3) is 4.14. The maximum atomic E-state index is 13.1. The summed E-state index contributed by atoms with van der Waals surface area (Å²) in [4.78, 5) is 14.9. The molecule has 0 aliphatic carbocycles. The molecule has 1 saturated heterocycles. The van der Waals surface area contributed by atoms with Crippen molar-refractivity contribution >= 4 is 17.7 Å². The molecule has 1 fully saturated rings. The van der Waals surface area contributed by atoms with Crippen molar-refractivity contribution in [2.75, 3.05) is 33.6 Å². The summed E-state index contributed by atoms with van der Waals surface area (Å²) in [5.74, 6) is 3.31. The number of methoxy groups -OCH3 is 3. The third-order valence-electron chi connectivity index (χ3n) is 4.58. The van der Waals surface area contributed by atoms with Gasteiger partial charge >= 0.3 is 0 Å². The number of amides is 1. The second kappa shape index (κ2) is 9.10. The second-order valence-electron chi connectivity index (χ2n) is 6.28. The molecule has 2 unspecified atom stereocenters. The van der Waals surface area contributed by atoms with Gasteiger partial charge in [-0.25, -0.2) is 0 Å². The van der Waals surface area contributed by atoms with E-state index in [2.05, 4.69) is 0 Å². The van der Waals surface area contributed by atoms with E-state index in [1.165, 1.54) is 0 Å². The molecule has 2 aromatic carbocycles. The lowest BCUT2D eigenvalue weighted by Crippen LogP contribution is -2.40. The molecule has 1 aliphatic rings. The lowest BCUT2D eigenvalue weighted by molar-refractivity contribution is -0.138. The normalized spacial score (nSPS) is 17.1. The predicted molar refractivity (Wildman–Crippen MR) is 110 cm³/mol. The van der Waals surface area contributed by atoms with Crippen LogP contribution in [0.1, 0.15) is 17.9 Å². The van der Waals surface area contributed by atoms with Crippen LogP contribution in [0.15, 0.2) is 42.5 Å². The van der Waals surface area contributed by atoms with Crippen LogP contribution in [-0.2, 0) is 4.79 Å². The highest BCUT2D eigenvalue weighted by Crippen LogP contribution is 2.46. The Morgan fingerprint density at radius 3 is 2.32 bits per heavy atom. The van der Waals surface area contributed by atoms with E-state index in [0.717, 1.165) is 11.3 Å². The molecule has 0 bridgehead atoms. The van der Waals surface area contributed by atoms with Crippen LogP contribution in [0.3, 0.4) is 0 Å². The first-order valence-corrected chi connectivity index (χ1v) is 10.1. The van der Waals surface area contributed by atoms with Crippen molar-refractivity contribution in [3.63, 3.8) is 0 Å². The minimum atomic E-state index is -0.588. The number of thioether (sulfide) groups is 1. The van der Waals surface area contributed by atoms with Gasteiger partial charge in [-0.1, -0.05) is 18.2 Å². The molecule has 1 heterocycles. The summed E-state index contributed by atoms with van der Waals surface area (Å²) in [7, 11) is 4.78.